The molecule has 0 amide bonds. The number of rotatable bonds is 4. The zero-order valence-electron chi connectivity index (χ0n) is 12.0. The first-order valence-corrected chi connectivity index (χ1v) is 6.82. The van der Waals surface area contributed by atoms with E-state index in [2.05, 4.69) is 5.32 Å². The minimum absolute atomic E-state index is 0.257. The van der Waals surface area contributed by atoms with Crippen molar-refractivity contribution in [3.8, 4) is 5.75 Å². The van der Waals surface area contributed by atoms with E-state index in [1.807, 2.05) is 0 Å². The quantitative estimate of drug-likeness (QED) is 0.911. The van der Waals surface area contributed by atoms with E-state index >= 15 is 0 Å². The largest absolute Gasteiger partial charge is 0.497 e. The SMILES string of the molecule is CNC(c1ccc(OC)cc1F)c1cc(C)c(F)cc1Cl. The van der Waals surface area contributed by atoms with Gasteiger partial charge in [0.1, 0.15) is 17.4 Å². The maximum Gasteiger partial charge on any atom is 0.132 e. The Morgan fingerprint density at radius 3 is 2.38 bits per heavy atom. The molecular weight excluding hydrogens is 296 g/mol. The van der Waals surface area contributed by atoms with E-state index in [0.29, 0.717) is 22.4 Å². The van der Waals surface area contributed by atoms with Gasteiger partial charge in [0, 0.05) is 16.7 Å². The molecule has 0 radical (unpaired) electrons. The Balaban J connectivity index is 2.52. The third kappa shape index (κ3) is 3.17. The van der Waals surface area contributed by atoms with Crippen LogP contribution in [-0.2, 0) is 0 Å². The van der Waals surface area contributed by atoms with Crippen molar-refractivity contribution in [2.24, 2.45) is 0 Å². The molecule has 112 valence electrons. The number of halogens is 3. The Morgan fingerprint density at radius 2 is 1.81 bits per heavy atom. The van der Waals surface area contributed by atoms with Crippen LogP contribution in [0.3, 0.4) is 0 Å². The second kappa shape index (κ2) is 6.41. The third-order valence-corrected chi connectivity index (χ3v) is 3.72. The molecule has 2 aromatic carbocycles. The molecule has 0 aliphatic rings. The lowest BCUT2D eigenvalue weighted by atomic mass is 9.96. The second-order valence-corrected chi connectivity index (χ2v) is 5.14. The summed E-state index contributed by atoms with van der Waals surface area (Å²) in [4.78, 5) is 0. The molecule has 21 heavy (non-hydrogen) atoms. The lowest BCUT2D eigenvalue weighted by Gasteiger charge is -2.20. The van der Waals surface area contributed by atoms with E-state index < -0.39 is 11.9 Å². The molecule has 0 spiro atoms. The lowest BCUT2D eigenvalue weighted by Crippen LogP contribution is -2.19. The highest BCUT2D eigenvalue weighted by molar-refractivity contribution is 6.31. The van der Waals surface area contributed by atoms with Gasteiger partial charge in [0.25, 0.3) is 0 Å². The van der Waals surface area contributed by atoms with Crippen molar-refractivity contribution in [2.75, 3.05) is 14.2 Å². The van der Waals surface area contributed by atoms with Crippen LogP contribution in [0.1, 0.15) is 22.7 Å². The molecular formula is C16H16ClF2NO. The molecule has 5 heteroatoms. The van der Waals surface area contributed by atoms with E-state index in [1.54, 1.807) is 32.2 Å². The molecule has 2 rings (SSSR count). The summed E-state index contributed by atoms with van der Waals surface area (Å²) < 4.78 is 32.7. The summed E-state index contributed by atoms with van der Waals surface area (Å²) in [7, 11) is 3.17. The van der Waals surface area contributed by atoms with Gasteiger partial charge in [-0.05, 0) is 43.3 Å². The average Bonchev–Trinajstić information content (AvgIpc) is 2.46. The Hall–Kier alpha value is -1.65. The van der Waals surface area contributed by atoms with Crippen LogP contribution < -0.4 is 10.1 Å². The monoisotopic (exact) mass is 311 g/mol. The van der Waals surface area contributed by atoms with Crippen LogP contribution in [0.4, 0.5) is 8.78 Å². The summed E-state index contributed by atoms with van der Waals surface area (Å²) >= 11 is 6.11. The standard InChI is InChI=1S/C16H16ClF2NO/c1-9-6-12(13(17)8-14(9)18)16(20-2)11-5-4-10(21-3)7-15(11)19/h4-8,16,20H,1-3H3. The molecule has 1 unspecified atom stereocenters. The minimum Gasteiger partial charge on any atom is -0.497 e. The predicted octanol–water partition coefficient (Wildman–Crippen LogP) is 4.24. The van der Waals surface area contributed by atoms with Crippen molar-refractivity contribution in [3.63, 3.8) is 0 Å². The van der Waals surface area contributed by atoms with E-state index in [1.165, 1.54) is 19.2 Å². The van der Waals surface area contributed by atoms with Gasteiger partial charge in [-0.1, -0.05) is 17.7 Å². The van der Waals surface area contributed by atoms with Gasteiger partial charge in [0.05, 0.1) is 13.2 Å². The van der Waals surface area contributed by atoms with Crippen LogP contribution in [0.5, 0.6) is 5.75 Å². The highest BCUT2D eigenvalue weighted by Crippen LogP contribution is 2.32. The number of hydrogen-bond acceptors (Lipinski definition) is 2. The number of aryl methyl sites for hydroxylation is 1. The Kier molecular flexibility index (Phi) is 4.80. The van der Waals surface area contributed by atoms with Gasteiger partial charge in [0.2, 0.25) is 0 Å². The van der Waals surface area contributed by atoms with Gasteiger partial charge in [0.15, 0.2) is 0 Å². The van der Waals surface area contributed by atoms with Crippen molar-refractivity contribution in [1.82, 2.24) is 5.32 Å². The van der Waals surface area contributed by atoms with E-state index in [9.17, 15) is 8.78 Å². The molecule has 0 aliphatic heterocycles. The van der Waals surface area contributed by atoms with Crippen LogP contribution in [-0.4, -0.2) is 14.2 Å². The summed E-state index contributed by atoms with van der Waals surface area (Å²) in [5.74, 6) is -0.354. The molecule has 0 heterocycles. The number of ether oxygens (including phenoxy) is 1. The number of benzene rings is 2. The summed E-state index contributed by atoms with van der Waals surface area (Å²) in [6.45, 7) is 1.65. The number of methoxy groups -OCH3 is 1. The minimum atomic E-state index is -0.470. The molecule has 2 nitrogen and oxygen atoms in total. The fourth-order valence-electron chi connectivity index (χ4n) is 2.25. The molecule has 0 saturated carbocycles. The van der Waals surface area contributed by atoms with Crippen LogP contribution >= 0.6 is 11.6 Å². The van der Waals surface area contributed by atoms with Crippen LogP contribution in [0.2, 0.25) is 5.02 Å². The van der Waals surface area contributed by atoms with Gasteiger partial charge >= 0.3 is 0 Å². The maximum atomic E-state index is 14.2. The molecule has 0 aromatic heterocycles. The second-order valence-electron chi connectivity index (χ2n) is 4.73. The van der Waals surface area contributed by atoms with Gasteiger partial charge in [-0.25, -0.2) is 8.78 Å². The molecule has 0 bridgehead atoms. The van der Waals surface area contributed by atoms with Crippen molar-refractivity contribution >= 4 is 11.6 Å². The highest BCUT2D eigenvalue weighted by Gasteiger charge is 2.20. The van der Waals surface area contributed by atoms with Gasteiger partial charge < -0.3 is 10.1 Å². The van der Waals surface area contributed by atoms with Gasteiger partial charge in [-0.2, -0.15) is 0 Å². The van der Waals surface area contributed by atoms with Gasteiger partial charge in [-0.3, -0.25) is 0 Å². The molecule has 1 atom stereocenters. The zero-order valence-corrected chi connectivity index (χ0v) is 12.8. The number of hydrogen-bond donors (Lipinski definition) is 1. The lowest BCUT2D eigenvalue weighted by molar-refractivity contribution is 0.410. The van der Waals surface area contributed by atoms with Crippen LogP contribution in [0, 0.1) is 18.6 Å². The molecule has 0 fully saturated rings. The van der Waals surface area contributed by atoms with Crippen LogP contribution in [0.25, 0.3) is 0 Å². The Labute approximate surface area is 127 Å². The fraction of sp³-hybridized carbons (Fsp3) is 0.250. The number of nitrogens with one attached hydrogen (secondary N) is 1. The van der Waals surface area contributed by atoms with Crippen molar-refractivity contribution in [3.05, 3.63) is 63.7 Å². The van der Waals surface area contributed by atoms with Crippen LogP contribution in [0.15, 0.2) is 30.3 Å². The van der Waals surface area contributed by atoms with E-state index in [-0.39, 0.29) is 10.8 Å². The zero-order chi connectivity index (χ0) is 15.6. The van der Waals surface area contributed by atoms with E-state index in [4.69, 9.17) is 16.3 Å². The summed E-state index contributed by atoms with van der Waals surface area (Å²) in [5, 5.41) is 3.27. The van der Waals surface area contributed by atoms with Crippen molar-refractivity contribution in [2.45, 2.75) is 13.0 Å². The molecule has 0 saturated heterocycles. The van der Waals surface area contributed by atoms with Gasteiger partial charge in [-0.15, -0.1) is 0 Å². The van der Waals surface area contributed by atoms with Crippen molar-refractivity contribution in [1.29, 1.82) is 0 Å². The third-order valence-electron chi connectivity index (χ3n) is 3.40. The first-order valence-electron chi connectivity index (χ1n) is 6.44. The summed E-state index contributed by atoms with van der Waals surface area (Å²) in [5.41, 5.74) is 1.51. The fourth-order valence-corrected chi connectivity index (χ4v) is 2.51. The average molecular weight is 312 g/mol. The first kappa shape index (κ1) is 15.7. The van der Waals surface area contributed by atoms with E-state index in [0.717, 1.165) is 0 Å². The summed E-state index contributed by atoms with van der Waals surface area (Å²) in [6, 6.07) is 7.02. The molecule has 0 aliphatic carbocycles. The molecule has 1 N–H and O–H groups in total. The predicted molar refractivity (Wildman–Crippen MR) is 80.0 cm³/mol. The molecule has 2 aromatic rings. The van der Waals surface area contributed by atoms with Crippen molar-refractivity contribution < 1.29 is 13.5 Å². The maximum absolute atomic E-state index is 14.2. The normalized spacial score (nSPS) is 12.3. The topological polar surface area (TPSA) is 21.3 Å². The Morgan fingerprint density at radius 1 is 1.10 bits per heavy atom. The highest BCUT2D eigenvalue weighted by atomic mass is 35.5. The first-order chi connectivity index (χ1) is 9.97. The summed E-state index contributed by atoms with van der Waals surface area (Å²) in [6.07, 6.45) is 0. The smallest absolute Gasteiger partial charge is 0.132 e. The Bertz CT molecular complexity index is 661.